The van der Waals surface area contributed by atoms with Gasteiger partial charge in [-0.05, 0) is 60.7 Å². The summed E-state index contributed by atoms with van der Waals surface area (Å²) in [7, 11) is 9.18. The first kappa shape index (κ1) is 68.9. The van der Waals surface area contributed by atoms with Crippen LogP contribution in [-0.4, -0.2) is 128 Å². The molecular weight excluding hydrogens is 1270 g/mol. The highest BCUT2D eigenvalue weighted by molar-refractivity contribution is 5.99. The molecule has 0 aliphatic heterocycles. The van der Waals surface area contributed by atoms with Gasteiger partial charge >= 0.3 is 36.0 Å². The molecule has 8 N–H and O–H groups in total. The van der Waals surface area contributed by atoms with Gasteiger partial charge in [-0.15, -0.1) is 0 Å². The summed E-state index contributed by atoms with van der Waals surface area (Å²) >= 11 is 0. The number of carboxylic acids is 1. The summed E-state index contributed by atoms with van der Waals surface area (Å²) in [4.78, 5) is 76.2. The number of oxazole rings is 3. The van der Waals surface area contributed by atoms with E-state index in [0.29, 0.717) is 95.3 Å². The number of rotatable bonds is 15. The average Bonchev–Trinajstić information content (AvgIpc) is 1.68. The van der Waals surface area contributed by atoms with E-state index >= 15 is 0 Å². The second-order valence-electron chi connectivity index (χ2n) is 20.5. The summed E-state index contributed by atoms with van der Waals surface area (Å²) in [6.45, 7) is 0.500. The largest absolute Gasteiger partial charge is 0.478 e. The molecule has 0 fully saturated rings. The Balaban J connectivity index is 0.000000153. The Labute approximate surface area is 546 Å². The standard InChI is InChI=1S/C20H20FN5O4.C17H13FN4O3.C16H11FN4O3.C10H10FN3O2.2CH4/c1-26-16-11-13(21)12(18(28)22-6-8-29-9-7-27)10-15(16)23-19(26)25-20-24-14-4-2-3-5-17(14)30-20;1-22-13-8-10(18)9(15(23)24-2)7-12(13)19-16(22)21-17-20-11-5-3-4-6-14(11)25-17;1-21-12-7-9(17)8(14(22)23)6-11(12)18-15(21)20-16-19-10-4-2-3-5-13(10)24-16;1-14-8-4-6(11)5(9(15)16-2)3-7(8)13-10(14)12;;/h2-5,10-11,27H,6-9H2,1H3,(H,22,28)(H,23,24,25);3-8H,1-2H3,(H,19,20,21);2-7H,1H3,(H,22,23)(H,18,19,20);3-4H,1-2H3,(H2,12,13);2*1H4. The highest BCUT2D eigenvalue weighted by Gasteiger charge is 2.23. The number of aliphatic hydroxyl groups excluding tert-OH is 1. The van der Waals surface area contributed by atoms with Gasteiger partial charge in [0.25, 0.3) is 5.91 Å². The molecular formula is C65H62F4N16O12. The highest BCUT2D eigenvalue weighted by atomic mass is 19.1. The number of aliphatic hydroxyl groups is 1. The molecule has 502 valence electrons. The van der Waals surface area contributed by atoms with Crippen LogP contribution in [0.3, 0.4) is 0 Å². The van der Waals surface area contributed by atoms with Crippen molar-refractivity contribution >= 4 is 143 Å². The van der Waals surface area contributed by atoms with Crippen LogP contribution in [0.15, 0.2) is 135 Å². The number of hydrogen-bond donors (Lipinski definition) is 7. The number of imidazole rings is 4. The van der Waals surface area contributed by atoms with Crippen LogP contribution in [0.1, 0.15) is 56.3 Å². The smallest absolute Gasteiger partial charge is 0.340 e. The predicted octanol–water partition coefficient (Wildman–Crippen LogP) is 11.4. The first-order valence-electron chi connectivity index (χ1n) is 28.3. The number of carbonyl (C=O) groups is 4. The molecule has 97 heavy (non-hydrogen) atoms. The fourth-order valence-electron chi connectivity index (χ4n) is 9.64. The van der Waals surface area contributed by atoms with E-state index in [1.165, 1.54) is 56.7 Å². The molecule has 7 aromatic heterocycles. The second-order valence-corrected chi connectivity index (χ2v) is 20.5. The van der Waals surface area contributed by atoms with Gasteiger partial charge in [0, 0.05) is 59.0 Å². The van der Waals surface area contributed by atoms with Crippen LogP contribution in [0.4, 0.5) is 59.4 Å². The molecule has 0 bridgehead atoms. The molecule has 28 nitrogen and oxygen atoms in total. The van der Waals surface area contributed by atoms with E-state index in [0.717, 1.165) is 6.07 Å². The van der Waals surface area contributed by atoms with Gasteiger partial charge in [-0.25, -0.2) is 51.9 Å². The number of hydrogen-bond acceptors (Lipinski definition) is 22. The average molecular weight is 1340 g/mol. The first-order valence-corrected chi connectivity index (χ1v) is 28.3. The number of halogens is 4. The van der Waals surface area contributed by atoms with E-state index in [1.54, 1.807) is 64.7 Å². The van der Waals surface area contributed by atoms with Crippen molar-refractivity contribution in [3.63, 3.8) is 0 Å². The molecule has 7 heterocycles. The Morgan fingerprint density at radius 1 is 0.474 bits per heavy atom. The molecule has 32 heteroatoms. The lowest BCUT2D eigenvalue weighted by atomic mass is 10.1. The maximum Gasteiger partial charge on any atom is 0.340 e. The van der Waals surface area contributed by atoms with Gasteiger partial charge in [-0.2, -0.15) is 15.0 Å². The number of aromatic carboxylic acids is 1. The minimum Gasteiger partial charge on any atom is -0.478 e. The van der Waals surface area contributed by atoms with Crippen molar-refractivity contribution in [2.24, 2.45) is 28.2 Å². The number of carbonyl (C=O) groups excluding carboxylic acids is 3. The van der Waals surface area contributed by atoms with E-state index < -0.39 is 52.6 Å². The van der Waals surface area contributed by atoms with Gasteiger partial charge in [0.15, 0.2) is 16.7 Å². The van der Waals surface area contributed by atoms with Crippen molar-refractivity contribution < 1.29 is 74.4 Å². The third-order valence-electron chi connectivity index (χ3n) is 14.5. The number of benzene rings is 7. The van der Waals surface area contributed by atoms with Gasteiger partial charge in [-0.1, -0.05) is 51.3 Å². The Morgan fingerprint density at radius 2 is 0.814 bits per heavy atom. The summed E-state index contributed by atoms with van der Waals surface area (Å²) in [5, 5.41) is 29.1. The van der Waals surface area contributed by atoms with Crippen LogP contribution < -0.4 is 27.0 Å². The van der Waals surface area contributed by atoms with E-state index in [9.17, 15) is 36.7 Å². The fourth-order valence-corrected chi connectivity index (χ4v) is 9.64. The third kappa shape index (κ3) is 14.5. The zero-order valence-electron chi connectivity index (χ0n) is 50.9. The second kappa shape index (κ2) is 29.2. The Hall–Kier alpha value is -12.5. The van der Waals surface area contributed by atoms with E-state index in [-0.39, 0.29) is 81.9 Å². The Bertz CT molecular complexity index is 5170. The van der Waals surface area contributed by atoms with E-state index in [1.807, 2.05) is 54.6 Å². The van der Waals surface area contributed by atoms with Crippen LogP contribution in [0, 0.1) is 23.3 Å². The SMILES string of the molecule is C.C.COC(=O)c1cc2nc(N)n(C)c2cc1F.COC(=O)c1cc2nc(Nc3nc4ccccc4o3)n(C)c2cc1F.Cn1c(Nc2nc3ccccc3o2)nc2cc(C(=O)NCCOCCO)c(F)cc21.Cn1c(Nc2nc3ccccc3o2)nc2cc(C(=O)O)c(F)cc21. The van der Waals surface area contributed by atoms with Gasteiger partial charge in [0.05, 0.1) is 100 Å². The minimum absolute atomic E-state index is 0. The number of fused-ring (bicyclic) bond motifs is 7. The number of nitrogens with one attached hydrogen (secondary N) is 4. The molecule has 7 aromatic carbocycles. The molecule has 14 aromatic rings. The minimum atomic E-state index is -1.34. The Morgan fingerprint density at radius 3 is 1.19 bits per heavy atom. The highest BCUT2D eigenvalue weighted by Crippen LogP contribution is 2.31. The molecule has 0 atom stereocenters. The number of ether oxygens (including phenoxy) is 3. The molecule has 0 aliphatic carbocycles. The number of amides is 1. The number of methoxy groups -OCH3 is 2. The maximum atomic E-state index is 14.5. The molecule has 14 rings (SSSR count). The molecule has 0 unspecified atom stereocenters. The predicted molar refractivity (Wildman–Crippen MR) is 352 cm³/mol. The number of nitrogens with two attached hydrogens (primary N) is 1. The van der Waals surface area contributed by atoms with Crippen LogP contribution in [0.5, 0.6) is 0 Å². The molecule has 0 saturated carbocycles. The summed E-state index contributed by atoms with van der Waals surface area (Å²) in [5.41, 5.74) is 12.4. The van der Waals surface area contributed by atoms with Crippen LogP contribution in [0.25, 0.3) is 77.4 Å². The number of anilines is 7. The number of esters is 2. The van der Waals surface area contributed by atoms with Crippen molar-refractivity contribution in [1.29, 1.82) is 0 Å². The maximum absolute atomic E-state index is 14.5. The lowest BCUT2D eigenvalue weighted by Crippen LogP contribution is -2.28. The van der Waals surface area contributed by atoms with Crippen molar-refractivity contribution in [3.05, 3.63) is 167 Å². The summed E-state index contributed by atoms with van der Waals surface area (Å²) < 4.78 is 93.4. The molecule has 0 radical (unpaired) electrons. The quantitative estimate of drug-likeness (QED) is 0.0285. The summed E-state index contributed by atoms with van der Waals surface area (Å²) in [6, 6.07) is 32.9. The van der Waals surface area contributed by atoms with Crippen LogP contribution in [-0.2, 0) is 42.4 Å². The van der Waals surface area contributed by atoms with E-state index in [2.05, 4.69) is 65.6 Å². The third-order valence-corrected chi connectivity index (χ3v) is 14.5. The summed E-state index contributed by atoms with van der Waals surface area (Å²) in [6.07, 6.45) is 0. The number of aromatic nitrogens is 11. The van der Waals surface area contributed by atoms with Crippen LogP contribution >= 0.6 is 0 Å². The molecule has 0 saturated heterocycles. The van der Waals surface area contributed by atoms with Crippen molar-refractivity contribution in [2.45, 2.75) is 14.9 Å². The first-order chi connectivity index (χ1) is 45.7. The number of aryl methyl sites for hydroxylation is 4. The Kier molecular flexibility index (Phi) is 20.8. The normalized spacial score (nSPS) is 10.9. The van der Waals surface area contributed by atoms with E-state index in [4.69, 9.17) is 33.9 Å². The summed E-state index contributed by atoms with van der Waals surface area (Å²) in [5.74, 6) is -4.77. The number of para-hydroxylation sites is 6. The van der Waals surface area contributed by atoms with Gasteiger partial charge in [0.2, 0.25) is 23.8 Å². The monoisotopic (exact) mass is 1330 g/mol. The topological polar surface area (TPSA) is 360 Å². The van der Waals surface area contributed by atoms with Gasteiger partial charge in [-0.3, -0.25) is 20.7 Å². The van der Waals surface area contributed by atoms with Gasteiger partial charge in [0.1, 0.15) is 39.8 Å². The molecule has 0 aliphatic rings. The lowest BCUT2D eigenvalue weighted by Gasteiger charge is -2.07. The van der Waals surface area contributed by atoms with Crippen molar-refractivity contribution in [2.75, 3.05) is 62.3 Å². The van der Waals surface area contributed by atoms with Crippen molar-refractivity contribution in [1.82, 2.24) is 58.5 Å². The van der Waals surface area contributed by atoms with Crippen LogP contribution in [0.2, 0.25) is 0 Å². The number of nitrogens with zero attached hydrogens (tertiary/aromatic N) is 11. The van der Waals surface area contributed by atoms with Crippen molar-refractivity contribution in [3.8, 4) is 0 Å². The fraction of sp³-hybridized carbons (Fsp3) is 0.185. The van der Waals surface area contributed by atoms with Gasteiger partial charge < -0.3 is 67.0 Å². The molecule has 1 amide bonds. The zero-order chi connectivity index (χ0) is 67.4. The zero-order valence-corrected chi connectivity index (χ0v) is 50.9. The molecule has 0 spiro atoms. The lowest BCUT2D eigenvalue weighted by molar-refractivity contribution is 0.0586. The number of carboxylic acid groups (broad SMARTS) is 1. The number of nitrogen functional groups attached to an aromatic ring is 1.